The average Bonchev–Trinajstić information content (AvgIpc) is 2.69. The Kier molecular flexibility index (Phi) is 4.91. The maximum atomic E-state index is 4.83. The van der Waals surface area contributed by atoms with Gasteiger partial charge in [0.2, 0.25) is 0 Å². The number of benzene rings is 2. The highest BCUT2D eigenvalue weighted by Crippen LogP contribution is 2.40. The van der Waals surface area contributed by atoms with E-state index >= 15 is 0 Å². The summed E-state index contributed by atoms with van der Waals surface area (Å²) in [5.74, 6) is 0. The Bertz CT molecular complexity index is 945. The molecule has 2 heterocycles. The molecular formula is C25H26N2. The van der Waals surface area contributed by atoms with E-state index in [9.17, 15) is 0 Å². The molecule has 0 saturated heterocycles. The van der Waals surface area contributed by atoms with Crippen molar-refractivity contribution in [3.63, 3.8) is 0 Å². The molecule has 0 bridgehead atoms. The van der Waals surface area contributed by atoms with Crippen LogP contribution >= 0.6 is 0 Å². The highest BCUT2D eigenvalue weighted by atomic mass is 15.2. The number of aryl methyl sites for hydroxylation is 1. The SMILES string of the molecule is CC1=CC[C@@H](c2cnc(-c3ccccc3)c(C)c2)N(C)[C@H]1c1ccccc1. The van der Waals surface area contributed by atoms with E-state index in [0.29, 0.717) is 12.1 Å². The molecule has 3 aromatic rings. The van der Waals surface area contributed by atoms with Crippen molar-refractivity contribution in [2.24, 2.45) is 0 Å². The lowest BCUT2D eigenvalue weighted by molar-refractivity contribution is 0.183. The zero-order valence-corrected chi connectivity index (χ0v) is 16.3. The average molecular weight is 354 g/mol. The molecule has 0 radical (unpaired) electrons. The Balaban J connectivity index is 1.67. The number of rotatable bonds is 3. The van der Waals surface area contributed by atoms with E-state index in [0.717, 1.165) is 12.1 Å². The van der Waals surface area contributed by atoms with Gasteiger partial charge in [0.1, 0.15) is 0 Å². The van der Waals surface area contributed by atoms with Crippen molar-refractivity contribution in [2.45, 2.75) is 32.4 Å². The molecule has 2 nitrogen and oxygen atoms in total. The van der Waals surface area contributed by atoms with Crippen LogP contribution in [0.5, 0.6) is 0 Å². The summed E-state index contributed by atoms with van der Waals surface area (Å²) >= 11 is 0. The standard InChI is InChI=1S/C25H26N2/c1-18-14-15-23(27(3)25(18)21-12-8-5-9-13-21)22-16-19(2)24(26-17-22)20-10-6-4-7-11-20/h4-14,16-17,23,25H,15H2,1-3H3/t23-,25+/m0/s1. The van der Waals surface area contributed by atoms with Crippen LogP contribution in [0.3, 0.4) is 0 Å². The fraction of sp³-hybridized carbons (Fsp3) is 0.240. The minimum Gasteiger partial charge on any atom is -0.288 e. The number of hydrogen-bond acceptors (Lipinski definition) is 2. The van der Waals surface area contributed by atoms with Gasteiger partial charge in [0, 0.05) is 17.8 Å². The molecule has 2 atom stereocenters. The van der Waals surface area contributed by atoms with E-state index in [1.807, 2.05) is 6.07 Å². The second-order valence-electron chi connectivity index (χ2n) is 7.48. The molecule has 0 unspecified atom stereocenters. The van der Waals surface area contributed by atoms with Crippen LogP contribution in [0.15, 0.2) is 84.6 Å². The second kappa shape index (κ2) is 7.50. The van der Waals surface area contributed by atoms with E-state index in [4.69, 9.17) is 4.98 Å². The largest absolute Gasteiger partial charge is 0.288 e. The summed E-state index contributed by atoms with van der Waals surface area (Å²) in [5, 5.41) is 0. The van der Waals surface area contributed by atoms with Gasteiger partial charge >= 0.3 is 0 Å². The monoisotopic (exact) mass is 354 g/mol. The van der Waals surface area contributed by atoms with E-state index in [1.54, 1.807) is 0 Å². The van der Waals surface area contributed by atoms with Crippen molar-refractivity contribution >= 4 is 0 Å². The van der Waals surface area contributed by atoms with Crippen LogP contribution in [0.4, 0.5) is 0 Å². The van der Waals surface area contributed by atoms with Gasteiger partial charge in [-0.05, 0) is 44.0 Å². The first-order chi connectivity index (χ1) is 13.1. The van der Waals surface area contributed by atoms with Gasteiger partial charge < -0.3 is 0 Å². The molecule has 27 heavy (non-hydrogen) atoms. The van der Waals surface area contributed by atoms with Gasteiger partial charge in [-0.3, -0.25) is 9.88 Å². The first-order valence-corrected chi connectivity index (χ1v) is 9.60. The lowest BCUT2D eigenvalue weighted by Gasteiger charge is -2.39. The highest BCUT2D eigenvalue weighted by molar-refractivity contribution is 5.63. The summed E-state index contributed by atoms with van der Waals surface area (Å²) < 4.78 is 0. The summed E-state index contributed by atoms with van der Waals surface area (Å²) in [6.07, 6.45) is 5.48. The van der Waals surface area contributed by atoms with Gasteiger partial charge in [-0.15, -0.1) is 0 Å². The van der Waals surface area contributed by atoms with Crippen molar-refractivity contribution in [3.05, 3.63) is 101 Å². The highest BCUT2D eigenvalue weighted by Gasteiger charge is 2.30. The minimum atomic E-state index is 0.319. The van der Waals surface area contributed by atoms with Crippen LogP contribution in [0, 0.1) is 6.92 Å². The van der Waals surface area contributed by atoms with Gasteiger partial charge in [0.25, 0.3) is 0 Å². The lowest BCUT2D eigenvalue weighted by atomic mass is 9.88. The van der Waals surface area contributed by atoms with Crippen LogP contribution < -0.4 is 0 Å². The summed E-state index contributed by atoms with van der Waals surface area (Å²) in [7, 11) is 2.24. The predicted molar refractivity (Wildman–Crippen MR) is 112 cm³/mol. The first-order valence-electron chi connectivity index (χ1n) is 9.60. The van der Waals surface area contributed by atoms with Gasteiger partial charge in [-0.1, -0.05) is 78.4 Å². The molecule has 136 valence electrons. The molecule has 0 aliphatic carbocycles. The number of nitrogens with zero attached hydrogens (tertiary/aromatic N) is 2. The third-order valence-corrected chi connectivity index (χ3v) is 5.64. The van der Waals surface area contributed by atoms with Crippen molar-refractivity contribution < 1.29 is 0 Å². The molecule has 4 rings (SSSR count). The fourth-order valence-corrected chi connectivity index (χ4v) is 4.26. The lowest BCUT2D eigenvalue weighted by Crippen LogP contribution is -2.33. The Morgan fingerprint density at radius 3 is 2.22 bits per heavy atom. The zero-order valence-electron chi connectivity index (χ0n) is 16.3. The van der Waals surface area contributed by atoms with E-state index in [1.165, 1.54) is 27.8 Å². The number of likely N-dealkylation sites (N-methyl/N-ethyl adjacent to an activating group) is 1. The van der Waals surface area contributed by atoms with Crippen LogP contribution in [-0.2, 0) is 0 Å². The molecule has 2 aromatic carbocycles. The van der Waals surface area contributed by atoms with E-state index < -0.39 is 0 Å². The molecular weight excluding hydrogens is 328 g/mol. The third-order valence-electron chi connectivity index (χ3n) is 5.64. The predicted octanol–water partition coefficient (Wildman–Crippen LogP) is 6.12. The number of aromatic nitrogens is 1. The quantitative estimate of drug-likeness (QED) is 0.527. The number of pyridine rings is 1. The van der Waals surface area contributed by atoms with Gasteiger partial charge in [0.15, 0.2) is 0 Å². The Labute approximate surface area is 162 Å². The van der Waals surface area contributed by atoms with Crippen LogP contribution in [-0.4, -0.2) is 16.9 Å². The molecule has 1 aliphatic rings. The van der Waals surface area contributed by atoms with Crippen LogP contribution in [0.25, 0.3) is 11.3 Å². The topological polar surface area (TPSA) is 16.1 Å². The maximum Gasteiger partial charge on any atom is 0.0731 e. The molecule has 0 saturated carbocycles. The van der Waals surface area contributed by atoms with Crippen molar-refractivity contribution in [3.8, 4) is 11.3 Å². The molecule has 2 heteroatoms. The minimum absolute atomic E-state index is 0.319. The molecule has 0 fully saturated rings. The molecule has 1 aromatic heterocycles. The van der Waals surface area contributed by atoms with Gasteiger partial charge in [-0.25, -0.2) is 0 Å². The Morgan fingerprint density at radius 1 is 0.889 bits per heavy atom. The van der Waals surface area contributed by atoms with Crippen molar-refractivity contribution in [1.82, 2.24) is 9.88 Å². The molecule has 0 amide bonds. The van der Waals surface area contributed by atoms with E-state index in [2.05, 4.69) is 98.7 Å². The maximum absolute atomic E-state index is 4.83. The summed E-state index contributed by atoms with van der Waals surface area (Å²) in [6, 6.07) is 24.2. The number of hydrogen-bond donors (Lipinski definition) is 0. The zero-order chi connectivity index (χ0) is 18.8. The van der Waals surface area contributed by atoms with Crippen molar-refractivity contribution in [1.29, 1.82) is 0 Å². The molecule has 0 spiro atoms. The van der Waals surface area contributed by atoms with Crippen LogP contribution in [0.1, 0.15) is 42.1 Å². The van der Waals surface area contributed by atoms with Gasteiger partial charge in [-0.2, -0.15) is 0 Å². The normalized spacial score (nSPS) is 20.3. The fourth-order valence-electron chi connectivity index (χ4n) is 4.26. The summed E-state index contributed by atoms with van der Waals surface area (Å²) in [6.45, 7) is 4.41. The molecule has 1 aliphatic heterocycles. The Morgan fingerprint density at radius 2 is 1.56 bits per heavy atom. The molecule has 0 N–H and O–H groups in total. The first kappa shape index (κ1) is 17.7. The smallest absolute Gasteiger partial charge is 0.0731 e. The van der Waals surface area contributed by atoms with E-state index in [-0.39, 0.29) is 0 Å². The third kappa shape index (κ3) is 3.45. The van der Waals surface area contributed by atoms with Crippen LogP contribution in [0.2, 0.25) is 0 Å². The Hall–Kier alpha value is -2.71. The van der Waals surface area contributed by atoms with Crippen molar-refractivity contribution in [2.75, 3.05) is 7.05 Å². The summed E-state index contributed by atoms with van der Waals surface area (Å²) in [5.41, 5.74) is 7.55. The summed E-state index contributed by atoms with van der Waals surface area (Å²) in [4.78, 5) is 7.32. The van der Waals surface area contributed by atoms with Gasteiger partial charge in [0.05, 0.1) is 11.7 Å². The second-order valence-corrected chi connectivity index (χ2v) is 7.48.